The largest absolute Gasteiger partial charge is 0.497 e. The molecule has 5 heteroatoms. The Morgan fingerprint density at radius 2 is 1.70 bits per heavy atom. The molecule has 0 aliphatic carbocycles. The van der Waals surface area contributed by atoms with Crippen molar-refractivity contribution >= 4 is 11.8 Å². The van der Waals surface area contributed by atoms with E-state index in [1.165, 1.54) is 5.56 Å². The average Bonchev–Trinajstić information content (AvgIpc) is 2.67. The molecule has 2 aromatic carbocycles. The van der Waals surface area contributed by atoms with Crippen molar-refractivity contribution in [2.24, 2.45) is 0 Å². The van der Waals surface area contributed by atoms with Crippen LogP contribution in [0.25, 0.3) is 0 Å². The molecule has 142 valence electrons. The lowest BCUT2D eigenvalue weighted by molar-refractivity contribution is -0.128. The van der Waals surface area contributed by atoms with Gasteiger partial charge in [0.1, 0.15) is 11.8 Å². The molecule has 0 aromatic heterocycles. The first kappa shape index (κ1) is 19.0. The van der Waals surface area contributed by atoms with Gasteiger partial charge in [0.15, 0.2) is 0 Å². The lowest BCUT2D eigenvalue weighted by Gasteiger charge is -2.35. The molecule has 1 heterocycles. The van der Waals surface area contributed by atoms with Gasteiger partial charge < -0.3 is 15.0 Å². The molecule has 1 atom stereocenters. The number of nitrogens with one attached hydrogen (secondary N) is 1. The number of ether oxygens (including phenoxy) is 1. The van der Waals surface area contributed by atoms with E-state index in [2.05, 4.69) is 26.1 Å². The predicted molar refractivity (Wildman–Crippen MR) is 105 cm³/mol. The molecule has 1 N–H and O–H groups in total. The van der Waals surface area contributed by atoms with Gasteiger partial charge in [0.05, 0.1) is 7.11 Å². The Hall–Kier alpha value is -2.82. The second kappa shape index (κ2) is 7.43. The fourth-order valence-electron chi connectivity index (χ4n) is 3.28. The van der Waals surface area contributed by atoms with Crippen LogP contribution < -0.4 is 10.1 Å². The molecule has 1 fully saturated rings. The van der Waals surface area contributed by atoms with Crippen molar-refractivity contribution in [1.29, 1.82) is 0 Å². The molecule has 2 amide bonds. The van der Waals surface area contributed by atoms with Crippen molar-refractivity contribution in [2.75, 3.05) is 20.2 Å². The zero-order chi connectivity index (χ0) is 19.6. The summed E-state index contributed by atoms with van der Waals surface area (Å²) in [5, 5.41) is 2.86. The second-order valence-corrected chi connectivity index (χ2v) is 7.79. The lowest BCUT2D eigenvalue weighted by Crippen LogP contribution is -2.52. The summed E-state index contributed by atoms with van der Waals surface area (Å²) in [5.41, 5.74) is 2.56. The van der Waals surface area contributed by atoms with Crippen LogP contribution >= 0.6 is 0 Å². The van der Waals surface area contributed by atoms with E-state index in [9.17, 15) is 9.59 Å². The van der Waals surface area contributed by atoms with E-state index < -0.39 is 6.04 Å². The maximum atomic E-state index is 13.1. The molecule has 1 saturated heterocycles. The molecule has 0 bridgehead atoms. The summed E-state index contributed by atoms with van der Waals surface area (Å²) in [6.07, 6.45) is 0. The first-order chi connectivity index (χ1) is 12.8. The highest BCUT2D eigenvalue weighted by Crippen LogP contribution is 2.28. The molecule has 0 saturated carbocycles. The van der Waals surface area contributed by atoms with Crippen LogP contribution in [0.4, 0.5) is 0 Å². The Bertz CT molecular complexity index is 820. The highest BCUT2D eigenvalue weighted by molar-refractivity contribution is 5.98. The number of carbonyl (C=O) groups is 2. The van der Waals surface area contributed by atoms with Gasteiger partial charge in [-0.1, -0.05) is 45.0 Å². The quantitative estimate of drug-likeness (QED) is 0.907. The number of nitrogens with zero attached hydrogens (tertiary/aromatic N) is 1. The molecule has 1 aliphatic heterocycles. The van der Waals surface area contributed by atoms with Crippen LogP contribution in [0, 0.1) is 0 Å². The molecular formula is C22H26N2O3. The van der Waals surface area contributed by atoms with Gasteiger partial charge in [-0.15, -0.1) is 0 Å². The molecule has 1 aliphatic rings. The first-order valence-corrected chi connectivity index (χ1v) is 9.14. The van der Waals surface area contributed by atoms with Gasteiger partial charge in [0, 0.05) is 18.7 Å². The zero-order valence-corrected chi connectivity index (χ0v) is 16.3. The Morgan fingerprint density at radius 1 is 1.07 bits per heavy atom. The van der Waals surface area contributed by atoms with Gasteiger partial charge in [0.25, 0.3) is 5.91 Å². The molecule has 0 radical (unpaired) electrons. The summed E-state index contributed by atoms with van der Waals surface area (Å²) in [7, 11) is 1.60. The van der Waals surface area contributed by atoms with E-state index in [0.717, 1.165) is 5.56 Å². The summed E-state index contributed by atoms with van der Waals surface area (Å²) >= 11 is 0. The van der Waals surface area contributed by atoms with Gasteiger partial charge in [-0.25, -0.2) is 0 Å². The summed E-state index contributed by atoms with van der Waals surface area (Å²) in [6.45, 7) is 7.34. The van der Waals surface area contributed by atoms with Gasteiger partial charge in [0.2, 0.25) is 5.91 Å². The minimum absolute atomic E-state index is 0.0260. The third kappa shape index (κ3) is 3.97. The maximum Gasteiger partial charge on any atom is 0.254 e. The number of hydrogen-bond acceptors (Lipinski definition) is 3. The number of amides is 2. The van der Waals surface area contributed by atoms with Crippen LogP contribution in [0.3, 0.4) is 0 Å². The van der Waals surface area contributed by atoms with Crippen molar-refractivity contribution in [1.82, 2.24) is 10.2 Å². The number of piperazine rings is 1. The Labute approximate surface area is 160 Å². The third-order valence-electron chi connectivity index (χ3n) is 4.90. The van der Waals surface area contributed by atoms with E-state index in [4.69, 9.17) is 4.74 Å². The van der Waals surface area contributed by atoms with Crippen LogP contribution in [0.15, 0.2) is 48.5 Å². The number of hydrogen-bond donors (Lipinski definition) is 1. The van der Waals surface area contributed by atoms with Crippen LogP contribution in [-0.2, 0) is 10.2 Å². The molecule has 27 heavy (non-hydrogen) atoms. The third-order valence-corrected chi connectivity index (χ3v) is 4.90. The summed E-state index contributed by atoms with van der Waals surface area (Å²) in [4.78, 5) is 27.3. The van der Waals surface area contributed by atoms with E-state index in [1.807, 2.05) is 36.4 Å². The minimum Gasteiger partial charge on any atom is -0.497 e. The number of benzene rings is 2. The fourth-order valence-corrected chi connectivity index (χ4v) is 3.28. The van der Waals surface area contributed by atoms with Gasteiger partial charge in [-0.2, -0.15) is 0 Å². The Kier molecular flexibility index (Phi) is 5.22. The summed E-state index contributed by atoms with van der Waals surface area (Å²) in [6, 6.07) is 14.3. The van der Waals surface area contributed by atoms with Crippen molar-refractivity contribution in [3.63, 3.8) is 0 Å². The highest BCUT2D eigenvalue weighted by atomic mass is 16.5. The second-order valence-electron chi connectivity index (χ2n) is 7.79. The topological polar surface area (TPSA) is 58.6 Å². The van der Waals surface area contributed by atoms with Crippen LogP contribution in [0.1, 0.15) is 48.3 Å². The molecule has 0 spiro atoms. The number of rotatable bonds is 3. The van der Waals surface area contributed by atoms with Gasteiger partial charge in [-0.3, -0.25) is 9.59 Å². The van der Waals surface area contributed by atoms with E-state index >= 15 is 0 Å². The van der Waals surface area contributed by atoms with Crippen LogP contribution in [0.2, 0.25) is 0 Å². The SMILES string of the molecule is COc1ccc(C2C(=O)NCCN2C(=O)c2ccc(C(C)(C)C)cc2)cc1. The molecule has 2 aromatic rings. The van der Waals surface area contributed by atoms with E-state index in [0.29, 0.717) is 24.4 Å². The van der Waals surface area contributed by atoms with Crippen molar-refractivity contribution in [2.45, 2.75) is 32.2 Å². The smallest absolute Gasteiger partial charge is 0.254 e. The molecule has 1 unspecified atom stereocenters. The van der Waals surface area contributed by atoms with Crippen LogP contribution in [-0.4, -0.2) is 36.9 Å². The monoisotopic (exact) mass is 366 g/mol. The normalized spacial score (nSPS) is 17.4. The average molecular weight is 366 g/mol. The maximum absolute atomic E-state index is 13.1. The van der Waals surface area contributed by atoms with Gasteiger partial charge >= 0.3 is 0 Å². The fraction of sp³-hybridized carbons (Fsp3) is 0.364. The van der Waals surface area contributed by atoms with Crippen molar-refractivity contribution in [3.8, 4) is 5.75 Å². The van der Waals surface area contributed by atoms with Crippen LogP contribution in [0.5, 0.6) is 5.75 Å². The van der Waals surface area contributed by atoms with Gasteiger partial charge in [-0.05, 0) is 40.8 Å². The number of carbonyl (C=O) groups excluding carboxylic acids is 2. The Morgan fingerprint density at radius 3 is 2.26 bits per heavy atom. The molecular weight excluding hydrogens is 340 g/mol. The summed E-state index contributed by atoms with van der Waals surface area (Å²) < 4.78 is 5.18. The lowest BCUT2D eigenvalue weighted by atomic mass is 9.86. The van der Waals surface area contributed by atoms with E-state index in [1.54, 1.807) is 24.1 Å². The van der Waals surface area contributed by atoms with Crippen molar-refractivity contribution in [3.05, 3.63) is 65.2 Å². The highest BCUT2D eigenvalue weighted by Gasteiger charge is 2.34. The molecule has 5 nitrogen and oxygen atoms in total. The minimum atomic E-state index is -0.639. The van der Waals surface area contributed by atoms with Crippen molar-refractivity contribution < 1.29 is 14.3 Å². The Balaban J connectivity index is 1.89. The predicted octanol–water partition coefficient (Wildman–Crippen LogP) is 3.31. The summed E-state index contributed by atoms with van der Waals surface area (Å²) in [5.74, 6) is 0.419. The van der Waals surface area contributed by atoms with E-state index in [-0.39, 0.29) is 17.2 Å². The number of methoxy groups -OCH3 is 1. The standard InChI is InChI=1S/C22H26N2O3/c1-22(2,3)17-9-5-16(6-10-17)21(26)24-14-13-23-20(25)19(24)15-7-11-18(27-4)12-8-15/h5-12,19H,13-14H2,1-4H3,(H,23,25). The zero-order valence-electron chi connectivity index (χ0n) is 16.3. The first-order valence-electron chi connectivity index (χ1n) is 9.14. The molecule has 3 rings (SSSR count).